The molecule has 1 aromatic rings. The molecule has 1 heterocycles. The van der Waals surface area contributed by atoms with Crippen molar-refractivity contribution in [1.82, 2.24) is 5.32 Å². The Morgan fingerprint density at radius 2 is 2.21 bits per heavy atom. The molecule has 100 valence electrons. The summed E-state index contributed by atoms with van der Waals surface area (Å²) >= 11 is 6.20. The first-order valence-electron chi connectivity index (χ1n) is 5.69. The van der Waals surface area contributed by atoms with E-state index in [9.17, 15) is 4.79 Å². The molecule has 0 spiro atoms. The van der Waals surface area contributed by atoms with E-state index in [4.69, 9.17) is 21.7 Å². The quantitative estimate of drug-likeness (QED) is 0.683. The molecule has 1 aliphatic heterocycles. The van der Waals surface area contributed by atoms with Gasteiger partial charge in [-0.25, -0.2) is 0 Å². The van der Waals surface area contributed by atoms with Crippen LogP contribution in [0.1, 0.15) is 12.5 Å². The number of rotatable bonds is 4. The largest absolute Gasteiger partial charge is 0.493 e. The first-order valence-corrected chi connectivity index (χ1v) is 6.92. The van der Waals surface area contributed by atoms with Gasteiger partial charge in [0, 0.05) is 0 Å². The average Bonchev–Trinajstić information content (AvgIpc) is 2.69. The summed E-state index contributed by atoms with van der Waals surface area (Å²) in [6.45, 7) is 2.46. The van der Waals surface area contributed by atoms with Crippen molar-refractivity contribution >= 4 is 40.3 Å². The lowest BCUT2D eigenvalue weighted by Crippen LogP contribution is -2.17. The molecule has 1 amide bonds. The topological polar surface area (TPSA) is 47.6 Å². The van der Waals surface area contributed by atoms with Crippen LogP contribution in [0.2, 0.25) is 0 Å². The summed E-state index contributed by atoms with van der Waals surface area (Å²) in [5, 5.41) is 2.58. The first kappa shape index (κ1) is 13.9. The zero-order valence-electron chi connectivity index (χ0n) is 10.6. The number of nitrogens with one attached hydrogen (secondary N) is 1. The van der Waals surface area contributed by atoms with Crippen molar-refractivity contribution < 1.29 is 14.3 Å². The zero-order chi connectivity index (χ0) is 13.8. The minimum absolute atomic E-state index is 0.163. The van der Waals surface area contributed by atoms with E-state index in [1.165, 1.54) is 11.8 Å². The molecule has 19 heavy (non-hydrogen) atoms. The summed E-state index contributed by atoms with van der Waals surface area (Å²) in [6.07, 6.45) is 1.78. The lowest BCUT2D eigenvalue weighted by molar-refractivity contribution is -0.115. The summed E-state index contributed by atoms with van der Waals surface area (Å²) in [4.78, 5) is 12.2. The lowest BCUT2D eigenvalue weighted by atomic mass is 10.2. The molecular weight excluding hydrogens is 282 g/mol. The minimum atomic E-state index is -0.163. The van der Waals surface area contributed by atoms with Gasteiger partial charge < -0.3 is 14.8 Å². The minimum Gasteiger partial charge on any atom is -0.493 e. The SMILES string of the molecule is CCOc1cc(C=C2SC(=S)NC2=O)ccc1OC. The number of carbonyl (C=O) groups excluding carboxylic acids is 1. The summed E-state index contributed by atoms with van der Waals surface area (Å²) in [6, 6.07) is 5.52. The molecule has 0 aliphatic carbocycles. The van der Waals surface area contributed by atoms with Gasteiger partial charge in [-0.1, -0.05) is 30.0 Å². The van der Waals surface area contributed by atoms with Crippen LogP contribution in [-0.2, 0) is 4.79 Å². The van der Waals surface area contributed by atoms with Crippen LogP contribution in [0.25, 0.3) is 6.08 Å². The number of thioether (sulfide) groups is 1. The maximum atomic E-state index is 11.6. The maximum absolute atomic E-state index is 11.6. The number of carbonyl (C=O) groups is 1. The molecule has 0 atom stereocenters. The van der Waals surface area contributed by atoms with Crippen molar-refractivity contribution in [3.05, 3.63) is 28.7 Å². The van der Waals surface area contributed by atoms with E-state index < -0.39 is 0 Å². The number of amides is 1. The molecule has 0 aromatic heterocycles. The Bertz CT molecular complexity index is 555. The third-order valence-electron chi connectivity index (χ3n) is 2.43. The van der Waals surface area contributed by atoms with Crippen molar-refractivity contribution in [2.75, 3.05) is 13.7 Å². The van der Waals surface area contributed by atoms with E-state index in [1.54, 1.807) is 13.2 Å². The predicted octanol–water partition coefficient (Wildman–Crippen LogP) is 2.58. The van der Waals surface area contributed by atoms with Crippen molar-refractivity contribution in [3.8, 4) is 11.5 Å². The molecule has 0 saturated carbocycles. The van der Waals surface area contributed by atoms with Crippen LogP contribution in [0, 0.1) is 0 Å². The van der Waals surface area contributed by atoms with Gasteiger partial charge in [-0.05, 0) is 30.7 Å². The van der Waals surface area contributed by atoms with Gasteiger partial charge in [-0.2, -0.15) is 0 Å². The smallest absolute Gasteiger partial charge is 0.263 e. The number of ether oxygens (including phenoxy) is 2. The van der Waals surface area contributed by atoms with Crippen LogP contribution in [-0.4, -0.2) is 23.9 Å². The Kier molecular flexibility index (Phi) is 4.44. The van der Waals surface area contributed by atoms with Crippen LogP contribution in [0.3, 0.4) is 0 Å². The van der Waals surface area contributed by atoms with Gasteiger partial charge in [-0.3, -0.25) is 4.79 Å². The maximum Gasteiger partial charge on any atom is 0.263 e. The average molecular weight is 295 g/mol. The van der Waals surface area contributed by atoms with Gasteiger partial charge in [-0.15, -0.1) is 0 Å². The fraction of sp³-hybridized carbons (Fsp3) is 0.231. The van der Waals surface area contributed by atoms with Gasteiger partial charge in [0.15, 0.2) is 11.5 Å². The number of methoxy groups -OCH3 is 1. The van der Waals surface area contributed by atoms with E-state index in [-0.39, 0.29) is 5.91 Å². The van der Waals surface area contributed by atoms with Crippen LogP contribution < -0.4 is 14.8 Å². The Morgan fingerprint density at radius 1 is 1.42 bits per heavy atom. The second-order valence-electron chi connectivity index (χ2n) is 3.70. The predicted molar refractivity (Wildman–Crippen MR) is 80.5 cm³/mol. The van der Waals surface area contributed by atoms with E-state index in [1.807, 2.05) is 25.1 Å². The first-order chi connectivity index (χ1) is 9.13. The van der Waals surface area contributed by atoms with Crippen LogP contribution in [0.4, 0.5) is 0 Å². The molecule has 4 nitrogen and oxygen atoms in total. The third-order valence-corrected chi connectivity index (χ3v) is 3.59. The fourth-order valence-corrected chi connectivity index (χ4v) is 2.67. The Balaban J connectivity index is 2.31. The lowest BCUT2D eigenvalue weighted by Gasteiger charge is -2.09. The Hall–Kier alpha value is -1.53. The van der Waals surface area contributed by atoms with E-state index >= 15 is 0 Å². The monoisotopic (exact) mass is 295 g/mol. The second-order valence-corrected chi connectivity index (χ2v) is 5.41. The van der Waals surface area contributed by atoms with Gasteiger partial charge in [0.25, 0.3) is 5.91 Å². The standard InChI is InChI=1S/C13H13NO3S2/c1-3-17-10-6-8(4-5-9(10)16-2)7-11-12(15)14-13(18)19-11/h4-7H,3H2,1-2H3,(H,14,15,18). The number of hydrogen-bond acceptors (Lipinski definition) is 5. The third kappa shape index (κ3) is 3.27. The van der Waals surface area contributed by atoms with Gasteiger partial charge >= 0.3 is 0 Å². The van der Waals surface area contributed by atoms with Crippen molar-refractivity contribution in [2.24, 2.45) is 0 Å². The molecular formula is C13H13NO3S2. The van der Waals surface area contributed by atoms with Gasteiger partial charge in [0.2, 0.25) is 0 Å². The Morgan fingerprint density at radius 3 is 2.79 bits per heavy atom. The van der Waals surface area contributed by atoms with Gasteiger partial charge in [0.1, 0.15) is 4.32 Å². The number of benzene rings is 1. The Labute approximate surface area is 121 Å². The van der Waals surface area contributed by atoms with E-state index in [2.05, 4.69) is 5.32 Å². The van der Waals surface area contributed by atoms with Crippen LogP contribution >= 0.6 is 24.0 Å². The normalized spacial score (nSPS) is 16.6. The van der Waals surface area contributed by atoms with Gasteiger partial charge in [0.05, 0.1) is 18.6 Å². The highest BCUT2D eigenvalue weighted by atomic mass is 32.2. The highest BCUT2D eigenvalue weighted by Gasteiger charge is 2.22. The molecule has 1 saturated heterocycles. The van der Waals surface area contributed by atoms with Crippen molar-refractivity contribution in [2.45, 2.75) is 6.92 Å². The number of hydrogen-bond donors (Lipinski definition) is 1. The van der Waals surface area contributed by atoms with E-state index in [0.717, 1.165) is 5.56 Å². The highest BCUT2D eigenvalue weighted by molar-refractivity contribution is 8.26. The second kappa shape index (κ2) is 6.08. The molecule has 1 aromatic carbocycles. The highest BCUT2D eigenvalue weighted by Crippen LogP contribution is 2.31. The molecule has 1 aliphatic rings. The molecule has 1 fully saturated rings. The molecule has 0 unspecified atom stereocenters. The summed E-state index contributed by atoms with van der Waals surface area (Å²) in [5.41, 5.74) is 0.867. The molecule has 0 bridgehead atoms. The van der Waals surface area contributed by atoms with Crippen LogP contribution in [0.15, 0.2) is 23.1 Å². The van der Waals surface area contributed by atoms with E-state index in [0.29, 0.717) is 27.3 Å². The van der Waals surface area contributed by atoms with Crippen molar-refractivity contribution in [1.29, 1.82) is 0 Å². The summed E-state index contributed by atoms with van der Waals surface area (Å²) in [7, 11) is 1.59. The van der Waals surface area contributed by atoms with Crippen LogP contribution in [0.5, 0.6) is 11.5 Å². The molecule has 2 rings (SSSR count). The molecule has 0 radical (unpaired) electrons. The summed E-state index contributed by atoms with van der Waals surface area (Å²) in [5.74, 6) is 1.16. The molecule has 1 N–H and O–H groups in total. The summed E-state index contributed by atoms with van der Waals surface area (Å²) < 4.78 is 11.2. The zero-order valence-corrected chi connectivity index (χ0v) is 12.2. The fourth-order valence-electron chi connectivity index (χ4n) is 1.62. The number of thiocarbonyl (C=S) groups is 1. The molecule has 6 heteroatoms. The van der Waals surface area contributed by atoms with Crippen molar-refractivity contribution in [3.63, 3.8) is 0 Å².